The summed E-state index contributed by atoms with van der Waals surface area (Å²) in [5.74, 6) is -1.07. The summed E-state index contributed by atoms with van der Waals surface area (Å²) in [6.07, 6.45) is -1.25. The molecule has 5 rings (SSSR count). The quantitative estimate of drug-likeness (QED) is 0.345. The lowest BCUT2D eigenvalue weighted by Gasteiger charge is -2.30. The number of fused-ring (bicyclic) bond motifs is 2. The van der Waals surface area contributed by atoms with E-state index in [9.17, 15) is 19.2 Å². The van der Waals surface area contributed by atoms with Gasteiger partial charge in [-0.2, -0.15) is 5.06 Å². The molecule has 0 aromatic heterocycles. The maximum atomic E-state index is 14.0. The number of imide groups is 1. The smallest absolute Gasteiger partial charge is 0.414 e. The van der Waals surface area contributed by atoms with Gasteiger partial charge in [0.15, 0.2) is 0 Å². The van der Waals surface area contributed by atoms with Crippen molar-refractivity contribution in [1.29, 1.82) is 0 Å². The Morgan fingerprint density at radius 1 is 0.674 bits per heavy atom. The fourth-order valence-corrected chi connectivity index (χ4v) is 6.13. The summed E-state index contributed by atoms with van der Waals surface area (Å²) in [7, 11) is 2.62. The average Bonchev–Trinajstić information content (AvgIpc) is 3.48. The number of amides is 4. The minimum atomic E-state index is -0.804. The van der Waals surface area contributed by atoms with Crippen molar-refractivity contribution in [2.24, 2.45) is 0 Å². The summed E-state index contributed by atoms with van der Waals surface area (Å²) in [4.78, 5) is 62.1. The van der Waals surface area contributed by atoms with Gasteiger partial charge >= 0.3 is 12.2 Å². The molecule has 0 N–H and O–H groups in total. The highest BCUT2D eigenvalue weighted by molar-refractivity contribution is 5.98. The van der Waals surface area contributed by atoms with Crippen LogP contribution in [0.1, 0.15) is 43.4 Å². The van der Waals surface area contributed by atoms with Gasteiger partial charge in [-0.05, 0) is 28.8 Å². The zero-order valence-corrected chi connectivity index (χ0v) is 24.7. The molecule has 0 bridgehead atoms. The molecule has 0 fully saturated rings. The largest absolute Gasteiger partial charge is 0.452 e. The molecule has 2 atom stereocenters. The standard InChI is InChI=1S/C33H35N3O7/c1-32(21-34(30(39)41-3)26-16-10-8-14-24(26)32)18-28(37)36(43-20-23-12-6-5-7-13-23)29(38)19-33(2)22-35(31(40)42-4)27-17-11-9-15-25(27)33/h5-17H,18-22H2,1-4H3. The normalized spacial score (nSPS) is 20.3. The highest BCUT2D eigenvalue weighted by Crippen LogP contribution is 2.45. The predicted molar refractivity (Wildman–Crippen MR) is 159 cm³/mol. The topological polar surface area (TPSA) is 106 Å². The fraction of sp³-hybridized carbons (Fsp3) is 0.333. The maximum Gasteiger partial charge on any atom is 0.414 e. The maximum absolute atomic E-state index is 14.0. The van der Waals surface area contributed by atoms with Crippen LogP contribution in [0.3, 0.4) is 0 Å². The summed E-state index contributed by atoms with van der Waals surface area (Å²) >= 11 is 0. The first-order valence-corrected chi connectivity index (χ1v) is 14.0. The fourth-order valence-electron chi connectivity index (χ4n) is 6.13. The van der Waals surface area contributed by atoms with Crippen LogP contribution in [-0.4, -0.2) is 56.4 Å². The van der Waals surface area contributed by atoms with Crippen LogP contribution in [0, 0.1) is 0 Å². The van der Waals surface area contributed by atoms with Gasteiger partial charge in [-0.1, -0.05) is 80.6 Å². The molecule has 0 spiro atoms. The lowest BCUT2D eigenvalue weighted by atomic mass is 9.80. The van der Waals surface area contributed by atoms with E-state index in [1.54, 1.807) is 0 Å². The van der Waals surface area contributed by atoms with Crippen LogP contribution in [0.4, 0.5) is 21.0 Å². The highest BCUT2D eigenvalue weighted by atomic mass is 16.7. The molecule has 3 aromatic rings. The Hall–Kier alpha value is -4.70. The molecule has 4 amide bonds. The van der Waals surface area contributed by atoms with Crippen molar-refractivity contribution >= 4 is 35.4 Å². The van der Waals surface area contributed by atoms with Gasteiger partial charge in [0, 0.05) is 36.8 Å². The summed E-state index contributed by atoms with van der Waals surface area (Å²) in [5, 5.41) is 0.857. The molecule has 0 radical (unpaired) electrons. The number of hydroxylamine groups is 2. The van der Waals surface area contributed by atoms with Crippen molar-refractivity contribution in [3.05, 3.63) is 95.6 Å². The van der Waals surface area contributed by atoms with E-state index in [0.717, 1.165) is 21.8 Å². The second-order valence-electron chi connectivity index (χ2n) is 11.5. The molecule has 2 unspecified atom stereocenters. The van der Waals surface area contributed by atoms with Crippen LogP contribution in [0.25, 0.3) is 0 Å². The lowest BCUT2D eigenvalue weighted by Crippen LogP contribution is -2.45. The number of anilines is 2. The first-order chi connectivity index (χ1) is 20.6. The number of carbonyl (C=O) groups excluding carboxylic acids is 4. The molecule has 0 aliphatic carbocycles. The van der Waals surface area contributed by atoms with Crippen molar-refractivity contribution in [1.82, 2.24) is 5.06 Å². The number of methoxy groups -OCH3 is 2. The Morgan fingerprint density at radius 3 is 1.53 bits per heavy atom. The second kappa shape index (κ2) is 11.9. The van der Waals surface area contributed by atoms with Crippen molar-refractivity contribution in [2.45, 2.75) is 44.1 Å². The third-order valence-electron chi connectivity index (χ3n) is 8.23. The molecular formula is C33H35N3O7. The first kappa shape index (κ1) is 29.8. The Bertz CT molecular complexity index is 1450. The van der Waals surface area contributed by atoms with Crippen molar-refractivity contribution in [3.8, 4) is 0 Å². The van der Waals surface area contributed by atoms with E-state index in [2.05, 4.69) is 0 Å². The number of nitrogens with zero attached hydrogens (tertiary/aromatic N) is 3. The van der Waals surface area contributed by atoms with Crippen LogP contribution in [0.5, 0.6) is 0 Å². The van der Waals surface area contributed by atoms with E-state index in [0.29, 0.717) is 11.4 Å². The number of hydrogen-bond donors (Lipinski definition) is 0. The van der Waals surface area contributed by atoms with E-state index in [-0.39, 0.29) is 32.5 Å². The molecule has 43 heavy (non-hydrogen) atoms. The number of benzene rings is 3. The Morgan fingerprint density at radius 2 is 1.09 bits per heavy atom. The van der Waals surface area contributed by atoms with Crippen LogP contribution < -0.4 is 9.80 Å². The summed E-state index contributed by atoms with van der Waals surface area (Å²) in [5.41, 5.74) is 2.10. The Kier molecular flexibility index (Phi) is 8.23. The monoisotopic (exact) mass is 585 g/mol. The second-order valence-corrected chi connectivity index (χ2v) is 11.5. The van der Waals surface area contributed by atoms with Crippen molar-refractivity contribution in [2.75, 3.05) is 37.1 Å². The lowest BCUT2D eigenvalue weighted by molar-refractivity contribution is -0.200. The molecule has 10 nitrogen and oxygen atoms in total. The van der Waals surface area contributed by atoms with Gasteiger partial charge in [0.25, 0.3) is 11.8 Å². The number of hydrogen-bond acceptors (Lipinski definition) is 7. The molecule has 2 aliphatic heterocycles. The van der Waals surface area contributed by atoms with E-state index >= 15 is 0 Å². The third kappa shape index (κ3) is 5.70. The van der Waals surface area contributed by atoms with Crippen LogP contribution in [0.2, 0.25) is 0 Å². The van der Waals surface area contributed by atoms with Crippen LogP contribution in [0.15, 0.2) is 78.9 Å². The Balaban J connectivity index is 1.43. The molecule has 0 saturated carbocycles. The molecule has 2 heterocycles. The van der Waals surface area contributed by atoms with E-state index < -0.39 is 34.8 Å². The Labute approximate surface area is 250 Å². The highest BCUT2D eigenvalue weighted by Gasteiger charge is 2.47. The zero-order chi connectivity index (χ0) is 30.8. The number of carbonyl (C=O) groups is 4. The van der Waals surface area contributed by atoms with E-state index in [1.807, 2.05) is 92.7 Å². The molecule has 10 heteroatoms. The van der Waals surface area contributed by atoms with Crippen molar-refractivity contribution in [3.63, 3.8) is 0 Å². The molecule has 2 aliphatic rings. The minimum Gasteiger partial charge on any atom is -0.452 e. The number of rotatable bonds is 7. The third-order valence-corrected chi connectivity index (χ3v) is 8.23. The van der Waals surface area contributed by atoms with Crippen LogP contribution >= 0.6 is 0 Å². The molecule has 224 valence electrons. The van der Waals surface area contributed by atoms with Crippen molar-refractivity contribution < 1.29 is 33.5 Å². The SMILES string of the molecule is COC(=O)N1CC(C)(CC(=O)N(OCc2ccccc2)C(=O)CC2(C)CN(C(=O)OC)c3ccccc32)c2ccccc21. The van der Waals surface area contributed by atoms with Gasteiger partial charge in [0.2, 0.25) is 0 Å². The van der Waals surface area contributed by atoms with E-state index in [1.165, 1.54) is 24.0 Å². The summed E-state index contributed by atoms with van der Waals surface area (Å²) in [6, 6.07) is 24.0. The number of para-hydroxylation sites is 2. The average molecular weight is 586 g/mol. The summed E-state index contributed by atoms with van der Waals surface area (Å²) in [6.45, 7) is 4.17. The number of ether oxygens (including phenoxy) is 2. The van der Waals surface area contributed by atoms with Gasteiger partial charge in [-0.25, -0.2) is 9.59 Å². The summed E-state index contributed by atoms with van der Waals surface area (Å²) < 4.78 is 9.97. The van der Waals surface area contributed by atoms with Gasteiger partial charge in [-0.3, -0.25) is 24.2 Å². The minimum absolute atomic E-state index is 0.00148. The predicted octanol–water partition coefficient (Wildman–Crippen LogP) is 5.34. The zero-order valence-electron chi connectivity index (χ0n) is 24.7. The van der Waals surface area contributed by atoms with Gasteiger partial charge in [-0.15, -0.1) is 0 Å². The molecular weight excluding hydrogens is 550 g/mol. The van der Waals surface area contributed by atoms with Gasteiger partial charge < -0.3 is 9.47 Å². The van der Waals surface area contributed by atoms with Gasteiger partial charge in [0.05, 0.1) is 25.6 Å². The van der Waals surface area contributed by atoms with Crippen LogP contribution in [-0.2, 0) is 41.3 Å². The molecule has 3 aromatic carbocycles. The van der Waals surface area contributed by atoms with E-state index in [4.69, 9.17) is 14.3 Å². The molecule has 0 saturated heterocycles. The first-order valence-electron chi connectivity index (χ1n) is 14.0. The van der Waals surface area contributed by atoms with Gasteiger partial charge in [0.1, 0.15) is 6.61 Å².